The van der Waals surface area contributed by atoms with Crippen LogP contribution in [-0.2, 0) is 11.2 Å². The second kappa shape index (κ2) is 7.44. The van der Waals surface area contributed by atoms with Gasteiger partial charge in [-0.1, -0.05) is 22.8 Å². The molecular weight excluding hydrogens is 345 g/mol. The third-order valence-electron chi connectivity index (χ3n) is 3.61. The maximum absolute atomic E-state index is 12.9. The molecule has 7 heteroatoms. The summed E-state index contributed by atoms with van der Waals surface area (Å²) < 4.78 is 18.1. The number of nitrogens with one attached hydrogen (secondary N) is 1. The zero-order valence-corrected chi connectivity index (χ0v) is 14.2. The highest BCUT2D eigenvalue weighted by Gasteiger charge is 2.12. The molecule has 0 unspecified atom stereocenters. The summed E-state index contributed by atoms with van der Waals surface area (Å²) in [5, 5.41) is 7.21. The van der Waals surface area contributed by atoms with Gasteiger partial charge < -0.3 is 9.84 Å². The molecule has 128 valence electrons. The molecule has 0 saturated heterocycles. The van der Waals surface area contributed by atoms with Crippen LogP contribution in [0.5, 0.6) is 0 Å². The number of rotatable bonds is 5. The van der Waals surface area contributed by atoms with Crippen LogP contribution in [-0.4, -0.2) is 16.0 Å². The quantitative estimate of drug-likeness (QED) is 0.732. The lowest BCUT2D eigenvalue weighted by Crippen LogP contribution is -2.13. The van der Waals surface area contributed by atoms with Gasteiger partial charge in [0.1, 0.15) is 5.82 Å². The number of anilines is 1. The van der Waals surface area contributed by atoms with E-state index in [1.54, 1.807) is 24.3 Å². The molecule has 1 heterocycles. The predicted molar refractivity (Wildman–Crippen MR) is 92.8 cm³/mol. The number of carbonyl (C=O) groups excluding carboxylic acids is 1. The van der Waals surface area contributed by atoms with Gasteiger partial charge in [0, 0.05) is 29.1 Å². The van der Waals surface area contributed by atoms with Crippen molar-refractivity contribution in [1.82, 2.24) is 10.1 Å². The molecule has 3 rings (SSSR count). The first-order valence-electron chi connectivity index (χ1n) is 7.66. The zero-order valence-electron chi connectivity index (χ0n) is 13.4. The van der Waals surface area contributed by atoms with Crippen LogP contribution in [0.1, 0.15) is 17.9 Å². The minimum atomic E-state index is -0.333. The normalized spacial score (nSPS) is 10.7. The highest BCUT2D eigenvalue weighted by Crippen LogP contribution is 2.21. The highest BCUT2D eigenvalue weighted by molar-refractivity contribution is 6.31. The van der Waals surface area contributed by atoms with Crippen LogP contribution in [0.2, 0.25) is 5.02 Å². The Labute approximate surface area is 148 Å². The smallest absolute Gasteiger partial charge is 0.227 e. The number of nitrogens with zero attached hydrogens (tertiary/aromatic N) is 2. The average Bonchev–Trinajstić information content (AvgIpc) is 3.06. The maximum atomic E-state index is 12.9. The number of aromatic nitrogens is 2. The number of hydrogen-bond acceptors (Lipinski definition) is 4. The van der Waals surface area contributed by atoms with Crippen molar-refractivity contribution in [2.45, 2.75) is 19.8 Å². The van der Waals surface area contributed by atoms with Crippen molar-refractivity contribution in [2.24, 2.45) is 0 Å². The van der Waals surface area contributed by atoms with Crippen molar-refractivity contribution >= 4 is 23.2 Å². The van der Waals surface area contributed by atoms with Gasteiger partial charge in [-0.15, -0.1) is 0 Å². The number of aryl methyl sites for hydroxylation is 2. The Hall–Kier alpha value is -2.73. The van der Waals surface area contributed by atoms with Gasteiger partial charge in [0.2, 0.25) is 17.6 Å². The number of amides is 1. The molecule has 0 aliphatic heterocycles. The zero-order chi connectivity index (χ0) is 17.8. The summed E-state index contributed by atoms with van der Waals surface area (Å²) in [5.41, 5.74) is 2.25. The van der Waals surface area contributed by atoms with Crippen LogP contribution in [0.3, 0.4) is 0 Å². The van der Waals surface area contributed by atoms with Crippen LogP contribution < -0.4 is 5.32 Å². The molecule has 0 atom stereocenters. The number of halogens is 2. The first kappa shape index (κ1) is 17.1. The second-order valence-electron chi connectivity index (χ2n) is 5.53. The number of benzene rings is 2. The van der Waals surface area contributed by atoms with Crippen molar-refractivity contribution in [1.29, 1.82) is 0 Å². The average molecular weight is 360 g/mol. The molecule has 0 fully saturated rings. The van der Waals surface area contributed by atoms with E-state index in [9.17, 15) is 9.18 Å². The van der Waals surface area contributed by atoms with Crippen molar-refractivity contribution in [3.63, 3.8) is 0 Å². The first-order valence-corrected chi connectivity index (χ1v) is 8.03. The standard InChI is InChI=1S/C18H15ClFN3O2/c1-11-2-5-13(19)10-15(11)21-16(24)8-9-17-22-18(23-25-17)12-3-6-14(20)7-4-12/h2-7,10H,8-9H2,1H3,(H,21,24). The monoisotopic (exact) mass is 359 g/mol. The molecule has 0 aliphatic carbocycles. The summed E-state index contributed by atoms with van der Waals surface area (Å²) in [5.74, 6) is 0.200. The third kappa shape index (κ3) is 4.42. The Morgan fingerprint density at radius 2 is 2.00 bits per heavy atom. The summed E-state index contributed by atoms with van der Waals surface area (Å²) >= 11 is 5.94. The summed E-state index contributed by atoms with van der Waals surface area (Å²) in [6.45, 7) is 1.89. The minimum absolute atomic E-state index is 0.174. The maximum Gasteiger partial charge on any atom is 0.227 e. The Bertz CT molecular complexity index is 894. The van der Waals surface area contributed by atoms with Crippen LogP contribution in [0, 0.1) is 12.7 Å². The molecule has 1 amide bonds. The van der Waals surface area contributed by atoms with Gasteiger partial charge in [0.25, 0.3) is 0 Å². The summed E-state index contributed by atoms with van der Waals surface area (Å²) in [6, 6.07) is 11.1. The van der Waals surface area contributed by atoms with E-state index < -0.39 is 0 Å². The predicted octanol–water partition coefficient (Wildman–Crippen LogP) is 4.41. The molecule has 2 aromatic carbocycles. The van der Waals surface area contributed by atoms with Crippen LogP contribution in [0.4, 0.5) is 10.1 Å². The third-order valence-corrected chi connectivity index (χ3v) is 3.85. The van der Waals surface area contributed by atoms with Crippen LogP contribution in [0.25, 0.3) is 11.4 Å². The van der Waals surface area contributed by atoms with Crippen LogP contribution >= 0.6 is 11.6 Å². The van der Waals surface area contributed by atoms with Gasteiger partial charge >= 0.3 is 0 Å². The molecule has 0 spiro atoms. The fourth-order valence-electron chi connectivity index (χ4n) is 2.23. The van der Waals surface area contributed by atoms with Crippen molar-refractivity contribution in [3.05, 3.63) is 64.8 Å². The molecule has 0 saturated carbocycles. The fourth-order valence-corrected chi connectivity index (χ4v) is 2.41. The molecule has 5 nitrogen and oxygen atoms in total. The Kier molecular flexibility index (Phi) is 5.09. The van der Waals surface area contributed by atoms with Gasteiger partial charge in [0.05, 0.1) is 0 Å². The Balaban J connectivity index is 1.59. The highest BCUT2D eigenvalue weighted by atomic mass is 35.5. The van der Waals surface area contributed by atoms with E-state index in [1.165, 1.54) is 12.1 Å². The lowest BCUT2D eigenvalue weighted by Gasteiger charge is -2.08. The van der Waals surface area contributed by atoms with Crippen LogP contribution in [0.15, 0.2) is 47.0 Å². The fraction of sp³-hybridized carbons (Fsp3) is 0.167. The van der Waals surface area contributed by atoms with E-state index in [2.05, 4.69) is 15.5 Å². The lowest BCUT2D eigenvalue weighted by molar-refractivity contribution is -0.116. The Morgan fingerprint density at radius 3 is 2.76 bits per heavy atom. The second-order valence-corrected chi connectivity index (χ2v) is 5.96. The molecule has 1 aromatic heterocycles. The van der Waals surface area contributed by atoms with Crippen molar-refractivity contribution in [2.75, 3.05) is 5.32 Å². The van der Waals surface area contributed by atoms with E-state index in [1.807, 2.05) is 13.0 Å². The minimum Gasteiger partial charge on any atom is -0.339 e. The SMILES string of the molecule is Cc1ccc(Cl)cc1NC(=O)CCc1nc(-c2ccc(F)cc2)no1. The van der Waals surface area contributed by atoms with E-state index >= 15 is 0 Å². The van der Waals surface area contributed by atoms with Crippen molar-refractivity contribution in [3.8, 4) is 11.4 Å². The summed E-state index contributed by atoms with van der Waals surface area (Å²) in [7, 11) is 0. The van der Waals surface area contributed by atoms with Gasteiger partial charge in [-0.05, 0) is 48.9 Å². The van der Waals surface area contributed by atoms with Gasteiger partial charge in [0.15, 0.2) is 0 Å². The van der Waals surface area contributed by atoms with Gasteiger partial charge in [-0.2, -0.15) is 4.98 Å². The molecular formula is C18H15ClFN3O2. The van der Waals surface area contributed by atoms with Gasteiger partial charge in [-0.25, -0.2) is 4.39 Å². The van der Waals surface area contributed by atoms with E-state index in [-0.39, 0.29) is 18.1 Å². The largest absolute Gasteiger partial charge is 0.339 e. The summed E-state index contributed by atoms with van der Waals surface area (Å²) in [4.78, 5) is 16.3. The lowest BCUT2D eigenvalue weighted by atomic mass is 10.2. The molecule has 1 N–H and O–H groups in total. The van der Waals surface area contributed by atoms with Gasteiger partial charge in [-0.3, -0.25) is 4.79 Å². The van der Waals surface area contributed by atoms with E-state index in [4.69, 9.17) is 16.1 Å². The Morgan fingerprint density at radius 1 is 1.24 bits per heavy atom. The topological polar surface area (TPSA) is 68.0 Å². The number of hydrogen-bond donors (Lipinski definition) is 1. The first-order chi connectivity index (χ1) is 12.0. The molecule has 25 heavy (non-hydrogen) atoms. The molecule has 0 aliphatic rings. The van der Waals surface area contributed by atoms with E-state index in [0.717, 1.165) is 5.56 Å². The summed E-state index contributed by atoms with van der Waals surface area (Å²) in [6.07, 6.45) is 0.497. The number of carbonyl (C=O) groups is 1. The van der Waals surface area contributed by atoms with Crippen molar-refractivity contribution < 1.29 is 13.7 Å². The molecule has 0 radical (unpaired) electrons. The van der Waals surface area contributed by atoms with E-state index in [0.29, 0.717) is 34.4 Å². The molecule has 3 aromatic rings. The molecule has 0 bridgehead atoms.